The predicted octanol–water partition coefficient (Wildman–Crippen LogP) is 3.04. The zero-order valence-corrected chi connectivity index (χ0v) is 7.94. The van der Waals surface area contributed by atoms with Crippen molar-refractivity contribution in [3.05, 3.63) is 0 Å². The predicted molar refractivity (Wildman–Crippen MR) is 47.9 cm³/mol. The Morgan fingerprint density at radius 2 is 1.67 bits per heavy atom. The highest BCUT2D eigenvalue weighted by Gasteiger charge is 2.32. The minimum atomic E-state index is 0.620. The molecule has 0 aromatic carbocycles. The van der Waals surface area contributed by atoms with Gasteiger partial charge in [-0.3, -0.25) is 0 Å². The van der Waals surface area contributed by atoms with Gasteiger partial charge in [0.05, 0.1) is 0 Å². The topological polar surface area (TPSA) is 0 Å². The first kappa shape index (κ1) is 7.80. The zero-order chi connectivity index (χ0) is 6.91. The fourth-order valence-corrected chi connectivity index (χ4v) is 4.55. The van der Waals surface area contributed by atoms with Crippen molar-refractivity contribution in [2.24, 2.45) is 11.3 Å². The monoisotopic (exact) mass is 162 g/mol. The first-order chi connectivity index (χ1) is 4.15. The van der Waals surface area contributed by atoms with Gasteiger partial charge in [-0.2, -0.15) is 0 Å². The van der Waals surface area contributed by atoms with Gasteiger partial charge in [-0.05, 0) is 11.3 Å². The highest BCUT2D eigenvalue weighted by Crippen LogP contribution is 2.46. The molecule has 0 aromatic heterocycles. The minimum absolute atomic E-state index is 0.620. The van der Waals surface area contributed by atoms with Crippen LogP contribution in [0.2, 0.25) is 0 Å². The van der Waals surface area contributed by atoms with E-state index in [1.807, 2.05) is 21.6 Å². The van der Waals surface area contributed by atoms with Crippen molar-refractivity contribution in [3.63, 3.8) is 0 Å². The molecule has 1 rings (SSSR count). The zero-order valence-electron chi connectivity index (χ0n) is 6.31. The molecular weight excluding hydrogens is 148 g/mol. The van der Waals surface area contributed by atoms with Crippen LogP contribution in [0.4, 0.5) is 0 Å². The van der Waals surface area contributed by atoms with Crippen LogP contribution < -0.4 is 0 Å². The first-order valence-electron chi connectivity index (χ1n) is 3.39. The van der Waals surface area contributed by atoms with Crippen molar-refractivity contribution in [1.82, 2.24) is 0 Å². The van der Waals surface area contributed by atoms with Gasteiger partial charge in [0.1, 0.15) is 0 Å². The lowest BCUT2D eigenvalue weighted by atomic mass is 9.83. The average Bonchev–Trinajstić information content (AvgIpc) is 2.16. The number of hydrogen-bond donors (Lipinski definition) is 0. The lowest BCUT2D eigenvalue weighted by molar-refractivity contribution is 0.303. The quantitative estimate of drug-likeness (QED) is 0.544. The molecule has 0 bridgehead atoms. The largest absolute Gasteiger partial charge is 0.0935 e. The summed E-state index contributed by atoms with van der Waals surface area (Å²) in [6, 6.07) is 0. The van der Waals surface area contributed by atoms with Crippen LogP contribution in [0, 0.1) is 11.3 Å². The van der Waals surface area contributed by atoms with Crippen molar-refractivity contribution < 1.29 is 0 Å². The Kier molecular flexibility index (Phi) is 2.38. The van der Waals surface area contributed by atoms with E-state index >= 15 is 0 Å². The molecule has 1 saturated heterocycles. The molecule has 0 aromatic rings. The molecule has 1 aliphatic rings. The molecule has 0 spiro atoms. The second-order valence-electron chi connectivity index (χ2n) is 3.33. The molecule has 2 heteroatoms. The lowest BCUT2D eigenvalue weighted by Crippen LogP contribution is -2.25. The fraction of sp³-hybridized carbons (Fsp3) is 1.00. The molecule has 0 aliphatic carbocycles. The Hall–Kier alpha value is 0.700. The van der Waals surface area contributed by atoms with Crippen LogP contribution in [-0.4, -0.2) is 11.5 Å². The number of rotatable bonds is 1. The molecule has 0 amide bonds. The third-order valence-electron chi connectivity index (χ3n) is 2.25. The Balaban J connectivity index is 2.51. The van der Waals surface area contributed by atoms with E-state index < -0.39 is 0 Å². The van der Waals surface area contributed by atoms with Crippen LogP contribution >= 0.6 is 21.6 Å². The molecule has 0 unspecified atom stereocenters. The van der Waals surface area contributed by atoms with Gasteiger partial charge >= 0.3 is 0 Å². The second kappa shape index (κ2) is 2.75. The van der Waals surface area contributed by atoms with Gasteiger partial charge in [-0.15, -0.1) is 0 Å². The van der Waals surface area contributed by atoms with E-state index in [9.17, 15) is 0 Å². The second-order valence-corrected chi connectivity index (χ2v) is 5.80. The van der Waals surface area contributed by atoms with Crippen molar-refractivity contribution in [2.45, 2.75) is 20.8 Å². The summed E-state index contributed by atoms with van der Waals surface area (Å²) in [5.74, 6) is 3.53. The molecule has 1 heterocycles. The van der Waals surface area contributed by atoms with E-state index in [-0.39, 0.29) is 0 Å². The molecule has 54 valence electrons. The van der Waals surface area contributed by atoms with Gasteiger partial charge in [-0.1, -0.05) is 42.4 Å². The molecule has 1 fully saturated rings. The van der Waals surface area contributed by atoms with E-state index in [1.165, 1.54) is 11.5 Å². The summed E-state index contributed by atoms with van der Waals surface area (Å²) < 4.78 is 0. The van der Waals surface area contributed by atoms with Crippen LogP contribution in [0.5, 0.6) is 0 Å². The third kappa shape index (κ3) is 1.58. The van der Waals surface area contributed by atoms with E-state index in [0.717, 1.165) is 5.92 Å². The highest BCUT2D eigenvalue weighted by molar-refractivity contribution is 8.77. The maximum absolute atomic E-state index is 2.39. The standard InChI is InChI=1S/C7H14S2/c1-6(2)7(3)4-8-9-5-7/h6H,4-5H2,1-3H3. The van der Waals surface area contributed by atoms with E-state index in [4.69, 9.17) is 0 Å². The average molecular weight is 162 g/mol. The third-order valence-corrected chi connectivity index (χ3v) is 5.18. The summed E-state index contributed by atoms with van der Waals surface area (Å²) in [5, 5.41) is 0. The molecule has 0 saturated carbocycles. The fourth-order valence-electron chi connectivity index (χ4n) is 0.728. The smallest absolute Gasteiger partial charge is 0.0102 e. The van der Waals surface area contributed by atoms with E-state index in [0.29, 0.717) is 5.41 Å². The minimum Gasteiger partial charge on any atom is -0.0935 e. The summed E-state index contributed by atoms with van der Waals surface area (Å²) in [4.78, 5) is 0. The molecule has 9 heavy (non-hydrogen) atoms. The van der Waals surface area contributed by atoms with Crippen molar-refractivity contribution in [2.75, 3.05) is 11.5 Å². The molecule has 0 N–H and O–H groups in total. The van der Waals surface area contributed by atoms with E-state index in [2.05, 4.69) is 20.8 Å². The van der Waals surface area contributed by atoms with Crippen LogP contribution in [0.15, 0.2) is 0 Å². The van der Waals surface area contributed by atoms with Crippen LogP contribution in [-0.2, 0) is 0 Å². The molecule has 0 atom stereocenters. The first-order valence-corrected chi connectivity index (χ1v) is 5.88. The van der Waals surface area contributed by atoms with Gasteiger partial charge < -0.3 is 0 Å². The summed E-state index contributed by atoms with van der Waals surface area (Å²) in [6.07, 6.45) is 0. The summed E-state index contributed by atoms with van der Waals surface area (Å²) >= 11 is 0. The van der Waals surface area contributed by atoms with Gasteiger partial charge in [0.15, 0.2) is 0 Å². The maximum Gasteiger partial charge on any atom is 0.0102 e. The van der Waals surface area contributed by atoms with Gasteiger partial charge in [0.2, 0.25) is 0 Å². The Bertz CT molecular complexity index is 93.1. The molecule has 1 aliphatic heterocycles. The summed E-state index contributed by atoms with van der Waals surface area (Å²) in [7, 11) is 4.05. The number of hydrogen-bond acceptors (Lipinski definition) is 2. The van der Waals surface area contributed by atoms with Crippen LogP contribution in [0.3, 0.4) is 0 Å². The normalized spacial score (nSPS) is 25.3. The molecule has 0 radical (unpaired) electrons. The molecular formula is C7H14S2. The Morgan fingerprint density at radius 3 is 1.89 bits per heavy atom. The highest BCUT2D eigenvalue weighted by atomic mass is 33.1. The van der Waals surface area contributed by atoms with Gasteiger partial charge in [0.25, 0.3) is 0 Å². The summed E-state index contributed by atoms with van der Waals surface area (Å²) in [6.45, 7) is 7.05. The van der Waals surface area contributed by atoms with Crippen molar-refractivity contribution in [1.29, 1.82) is 0 Å². The summed E-state index contributed by atoms with van der Waals surface area (Å²) in [5.41, 5.74) is 0.620. The lowest BCUT2D eigenvalue weighted by Gasteiger charge is -2.26. The van der Waals surface area contributed by atoms with Gasteiger partial charge in [0, 0.05) is 11.5 Å². The van der Waals surface area contributed by atoms with Crippen LogP contribution in [0.1, 0.15) is 20.8 Å². The Morgan fingerprint density at radius 1 is 1.22 bits per heavy atom. The van der Waals surface area contributed by atoms with Crippen molar-refractivity contribution >= 4 is 21.6 Å². The van der Waals surface area contributed by atoms with Crippen LogP contribution in [0.25, 0.3) is 0 Å². The van der Waals surface area contributed by atoms with E-state index in [1.54, 1.807) is 0 Å². The Labute approximate surface area is 65.6 Å². The maximum atomic E-state index is 2.39. The van der Waals surface area contributed by atoms with Crippen molar-refractivity contribution in [3.8, 4) is 0 Å². The van der Waals surface area contributed by atoms with Gasteiger partial charge in [-0.25, -0.2) is 0 Å². The SMILES string of the molecule is CC(C)C1(C)CSSC1. The molecule has 0 nitrogen and oxygen atoms in total.